The summed E-state index contributed by atoms with van der Waals surface area (Å²) < 4.78 is 44.2. The zero-order chi connectivity index (χ0) is 16.8. The predicted molar refractivity (Wildman–Crippen MR) is 82.2 cm³/mol. The molecular formula is C18H16F3NO. The molecule has 1 unspecified atom stereocenters. The van der Waals surface area contributed by atoms with Gasteiger partial charge in [-0.2, -0.15) is 13.2 Å². The summed E-state index contributed by atoms with van der Waals surface area (Å²) >= 11 is 0. The van der Waals surface area contributed by atoms with Gasteiger partial charge in [0.1, 0.15) is 11.9 Å². The second-order valence-corrected chi connectivity index (χ2v) is 5.89. The van der Waals surface area contributed by atoms with Crippen LogP contribution in [0.25, 0.3) is 0 Å². The molecule has 0 fully saturated rings. The molecule has 23 heavy (non-hydrogen) atoms. The van der Waals surface area contributed by atoms with Crippen molar-refractivity contribution >= 4 is 5.71 Å². The van der Waals surface area contributed by atoms with Gasteiger partial charge in [0, 0.05) is 12.1 Å². The first-order valence-electron chi connectivity index (χ1n) is 7.28. The number of halogens is 3. The monoisotopic (exact) mass is 319 g/mol. The summed E-state index contributed by atoms with van der Waals surface area (Å²) in [5.41, 5.74) is 3.05. The summed E-state index contributed by atoms with van der Waals surface area (Å²) in [5, 5.41) is 7.76. The van der Waals surface area contributed by atoms with Crippen molar-refractivity contribution in [3.8, 4) is 5.75 Å². The van der Waals surface area contributed by atoms with Crippen LogP contribution in [-0.4, -0.2) is 5.71 Å². The fourth-order valence-electron chi connectivity index (χ4n) is 2.83. The van der Waals surface area contributed by atoms with Gasteiger partial charge in [-0.15, -0.1) is 0 Å². The SMILES string of the molecule is CC(=N)c1cc(C)cc(C2Cc3cc(C(F)(F)F)ccc3O2)c1. The van der Waals surface area contributed by atoms with Gasteiger partial charge in [-0.1, -0.05) is 17.7 Å². The Morgan fingerprint density at radius 3 is 2.57 bits per heavy atom. The molecule has 1 N–H and O–H groups in total. The third-order valence-electron chi connectivity index (χ3n) is 3.97. The normalized spacial score (nSPS) is 16.8. The molecule has 120 valence electrons. The van der Waals surface area contributed by atoms with E-state index in [2.05, 4.69) is 0 Å². The van der Waals surface area contributed by atoms with Crippen molar-refractivity contribution in [3.05, 3.63) is 64.2 Å². The van der Waals surface area contributed by atoms with Crippen molar-refractivity contribution in [3.63, 3.8) is 0 Å². The Kier molecular flexibility index (Phi) is 3.66. The van der Waals surface area contributed by atoms with Crippen LogP contribution < -0.4 is 4.74 Å². The van der Waals surface area contributed by atoms with Crippen molar-refractivity contribution in [2.75, 3.05) is 0 Å². The second kappa shape index (κ2) is 5.41. The van der Waals surface area contributed by atoms with E-state index in [4.69, 9.17) is 10.1 Å². The Morgan fingerprint density at radius 2 is 1.91 bits per heavy atom. The van der Waals surface area contributed by atoms with E-state index in [1.807, 2.05) is 25.1 Å². The van der Waals surface area contributed by atoms with Gasteiger partial charge in [-0.3, -0.25) is 0 Å². The zero-order valence-electron chi connectivity index (χ0n) is 12.8. The van der Waals surface area contributed by atoms with E-state index >= 15 is 0 Å². The van der Waals surface area contributed by atoms with Gasteiger partial charge in [-0.25, -0.2) is 0 Å². The minimum absolute atomic E-state index is 0.313. The van der Waals surface area contributed by atoms with Crippen LogP contribution >= 0.6 is 0 Å². The van der Waals surface area contributed by atoms with Crippen LogP contribution in [0.15, 0.2) is 36.4 Å². The summed E-state index contributed by atoms with van der Waals surface area (Å²) in [7, 11) is 0. The molecule has 0 radical (unpaired) electrons. The van der Waals surface area contributed by atoms with Crippen molar-refractivity contribution in [1.29, 1.82) is 5.41 Å². The number of hydrogen-bond acceptors (Lipinski definition) is 2. The Labute approximate surface area is 132 Å². The standard InChI is InChI=1S/C18H16F3NO/c1-10-5-12(11(2)22)7-13(6-10)17-9-14-8-15(18(19,20)21)3-4-16(14)23-17/h3-8,17,22H,9H2,1-2H3. The van der Waals surface area contributed by atoms with Gasteiger partial charge in [0.05, 0.1) is 5.56 Å². The number of alkyl halides is 3. The molecule has 0 saturated heterocycles. The largest absolute Gasteiger partial charge is 0.485 e. The first-order valence-corrected chi connectivity index (χ1v) is 7.28. The lowest BCUT2D eigenvalue weighted by Gasteiger charge is -2.13. The van der Waals surface area contributed by atoms with Crippen LogP contribution in [0.5, 0.6) is 5.75 Å². The van der Waals surface area contributed by atoms with E-state index in [1.165, 1.54) is 6.07 Å². The Bertz CT molecular complexity index is 780. The number of nitrogens with one attached hydrogen (secondary N) is 1. The molecule has 3 rings (SSSR count). The quantitative estimate of drug-likeness (QED) is 0.770. The third kappa shape index (κ3) is 3.09. The number of benzene rings is 2. The van der Waals surface area contributed by atoms with Crippen molar-refractivity contribution < 1.29 is 17.9 Å². The summed E-state index contributed by atoms with van der Waals surface area (Å²) in [6.07, 6.45) is -4.26. The molecule has 5 heteroatoms. The van der Waals surface area contributed by atoms with Crippen LogP contribution in [-0.2, 0) is 12.6 Å². The van der Waals surface area contributed by atoms with Gasteiger partial charge in [-0.05, 0) is 54.8 Å². The van der Waals surface area contributed by atoms with E-state index in [1.54, 1.807) is 6.92 Å². The lowest BCUT2D eigenvalue weighted by Crippen LogP contribution is -2.06. The highest BCUT2D eigenvalue weighted by atomic mass is 19.4. The molecule has 0 spiro atoms. The van der Waals surface area contributed by atoms with E-state index in [-0.39, 0.29) is 6.10 Å². The highest BCUT2D eigenvalue weighted by molar-refractivity contribution is 5.96. The third-order valence-corrected chi connectivity index (χ3v) is 3.97. The van der Waals surface area contributed by atoms with Crippen molar-refractivity contribution in [2.45, 2.75) is 32.5 Å². The molecule has 0 amide bonds. The molecule has 1 aliphatic rings. The highest BCUT2D eigenvalue weighted by Crippen LogP contribution is 2.40. The second-order valence-electron chi connectivity index (χ2n) is 5.89. The molecule has 1 aliphatic heterocycles. The van der Waals surface area contributed by atoms with Crippen LogP contribution in [0.2, 0.25) is 0 Å². The van der Waals surface area contributed by atoms with E-state index in [0.717, 1.165) is 28.8 Å². The summed E-state index contributed by atoms with van der Waals surface area (Å²) in [6, 6.07) is 9.33. The minimum atomic E-state index is -4.35. The molecule has 2 aromatic rings. The predicted octanol–water partition coefficient (Wildman–Crippen LogP) is 5.08. The Morgan fingerprint density at radius 1 is 1.17 bits per heavy atom. The number of ether oxygens (including phenoxy) is 1. The Balaban J connectivity index is 1.92. The molecule has 2 aromatic carbocycles. The minimum Gasteiger partial charge on any atom is -0.485 e. The maximum Gasteiger partial charge on any atom is 0.416 e. The number of rotatable bonds is 2. The number of fused-ring (bicyclic) bond motifs is 1. The first-order chi connectivity index (χ1) is 10.7. The fraction of sp³-hybridized carbons (Fsp3) is 0.278. The molecule has 0 saturated carbocycles. The molecule has 0 bridgehead atoms. The smallest absolute Gasteiger partial charge is 0.416 e. The maximum atomic E-state index is 12.8. The summed E-state index contributed by atoms with van der Waals surface area (Å²) in [5.74, 6) is 0.498. The fourth-order valence-corrected chi connectivity index (χ4v) is 2.83. The molecule has 0 aliphatic carbocycles. The molecule has 1 heterocycles. The number of hydrogen-bond donors (Lipinski definition) is 1. The van der Waals surface area contributed by atoms with E-state index < -0.39 is 11.7 Å². The zero-order valence-corrected chi connectivity index (χ0v) is 12.8. The van der Waals surface area contributed by atoms with Gasteiger partial charge in [0.15, 0.2) is 0 Å². The molecule has 1 atom stereocenters. The molecule has 2 nitrogen and oxygen atoms in total. The van der Waals surface area contributed by atoms with Gasteiger partial charge >= 0.3 is 6.18 Å². The number of aryl methyl sites for hydroxylation is 1. The lowest BCUT2D eigenvalue weighted by atomic mass is 9.97. The van der Waals surface area contributed by atoms with Crippen LogP contribution in [0.3, 0.4) is 0 Å². The van der Waals surface area contributed by atoms with Crippen LogP contribution in [0.1, 0.15) is 40.8 Å². The summed E-state index contributed by atoms with van der Waals surface area (Å²) in [6.45, 7) is 3.64. The lowest BCUT2D eigenvalue weighted by molar-refractivity contribution is -0.137. The average Bonchev–Trinajstić information content (AvgIpc) is 2.88. The topological polar surface area (TPSA) is 33.1 Å². The highest BCUT2D eigenvalue weighted by Gasteiger charge is 2.33. The first kappa shape index (κ1) is 15.6. The van der Waals surface area contributed by atoms with Gasteiger partial charge in [0.2, 0.25) is 0 Å². The van der Waals surface area contributed by atoms with Crippen molar-refractivity contribution in [2.24, 2.45) is 0 Å². The van der Waals surface area contributed by atoms with Crippen molar-refractivity contribution in [1.82, 2.24) is 0 Å². The van der Waals surface area contributed by atoms with E-state index in [9.17, 15) is 13.2 Å². The molecule has 0 aromatic heterocycles. The van der Waals surface area contributed by atoms with Gasteiger partial charge in [0.25, 0.3) is 0 Å². The van der Waals surface area contributed by atoms with Gasteiger partial charge < -0.3 is 10.1 Å². The van der Waals surface area contributed by atoms with Crippen LogP contribution in [0.4, 0.5) is 13.2 Å². The summed E-state index contributed by atoms with van der Waals surface area (Å²) in [4.78, 5) is 0. The molecular weight excluding hydrogens is 303 g/mol. The van der Waals surface area contributed by atoms with E-state index in [0.29, 0.717) is 23.4 Å². The average molecular weight is 319 g/mol. The Hall–Kier alpha value is -2.30. The van der Waals surface area contributed by atoms with Crippen LogP contribution in [0, 0.1) is 12.3 Å². The maximum absolute atomic E-state index is 12.8.